The van der Waals surface area contributed by atoms with Gasteiger partial charge in [0.15, 0.2) is 0 Å². The summed E-state index contributed by atoms with van der Waals surface area (Å²) in [7, 11) is 1.70. The monoisotopic (exact) mass is 240 g/mol. The number of alkyl halides is 1. The van der Waals surface area contributed by atoms with Crippen LogP contribution in [0.1, 0.15) is 43.2 Å². The number of hydrogen-bond acceptors (Lipinski definition) is 1. The Morgan fingerprint density at radius 1 is 1.25 bits per heavy atom. The predicted molar refractivity (Wildman–Crippen MR) is 70.4 cm³/mol. The molecule has 0 N–H and O–H groups in total. The molecule has 16 heavy (non-hydrogen) atoms. The molecule has 1 aromatic rings. The normalized spacial score (nSPS) is 12.9. The molecule has 1 nitrogen and oxygen atoms in total. The van der Waals surface area contributed by atoms with Gasteiger partial charge in [0, 0.05) is 0 Å². The molecular formula is C14H21ClO. The summed E-state index contributed by atoms with van der Waals surface area (Å²) in [6.07, 6.45) is 2.24. The highest BCUT2D eigenvalue weighted by molar-refractivity contribution is 6.21. The summed E-state index contributed by atoms with van der Waals surface area (Å²) in [5.74, 6) is 1.48. The van der Waals surface area contributed by atoms with Gasteiger partial charge in [0.1, 0.15) is 5.75 Å². The molecule has 0 radical (unpaired) electrons. The van der Waals surface area contributed by atoms with Gasteiger partial charge < -0.3 is 4.74 Å². The lowest BCUT2D eigenvalue weighted by atomic mass is 9.93. The van der Waals surface area contributed by atoms with Crippen LogP contribution in [0.3, 0.4) is 0 Å². The highest BCUT2D eigenvalue weighted by atomic mass is 35.5. The molecule has 0 spiro atoms. The minimum absolute atomic E-state index is 0.111. The molecule has 0 aliphatic carbocycles. The average Bonchev–Trinajstić information content (AvgIpc) is 2.30. The molecule has 0 bridgehead atoms. The highest BCUT2D eigenvalue weighted by Crippen LogP contribution is 2.35. The smallest absolute Gasteiger partial charge is 0.121 e. The zero-order valence-electron chi connectivity index (χ0n) is 10.6. The molecule has 90 valence electrons. The largest absolute Gasteiger partial charge is 0.496 e. The third kappa shape index (κ3) is 2.91. The Balaban J connectivity index is 2.91. The lowest BCUT2D eigenvalue weighted by Crippen LogP contribution is -2.06. The van der Waals surface area contributed by atoms with Crippen LogP contribution in [0.25, 0.3) is 0 Å². The molecule has 1 aromatic carbocycles. The first kappa shape index (κ1) is 13.4. The van der Waals surface area contributed by atoms with Gasteiger partial charge in [-0.15, -0.1) is 11.6 Å². The lowest BCUT2D eigenvalue weighted by Gasteiger charge is -2.20. The van der Waals surface area contributed by atoms with Crippen LogP contribution in [-0.2, 0) is 0 Å². The third-order valence-electron chi connectivity index (χ3n) is 3.20. The Hall–Kier alpha value is -0.690. The van der Waals surface area contributed by atoms with Crippen LogP contribution in [0.2, 0.25) is 0 Å². The summed E-state index contributed by atoms with van der Waals surface area (Å²) < 4.78 is 5.25. The van der Waals surface area contributed by atoms with Crippen molar-refractivity contribution in [2.45, 2.75) is 39.0 Å². The first-order valence-corrected chi connectivity index (χ1v) is 6.36. The van der Waals surface area contributed by atoms with Crippen LogP contribution in [0, 0.1) is 12.8 Å². The SMILES string of the molecule is CCC(CC)C(Cl)c1ccc(OC)c(C)c1. The summed E-state index contributed by atoms with van der Waals surface area (Å²) in [5, 5.41) is 0.111. The summed E-state index contributed by atoms with van der Waals surface area (Å²) in [6.45, 7) is 6.44. The van der Waals surface area contributed by atoms with Crippen molar-refractivity contribution in [1.82, 2.24) is 0 Å². The first-order valence-electron chi connectivity index (χ1n) is 5.92. The van der Waals surface area contributed by atoms with E-state index >= 15 is 0 Å². The Labute approximate surface area is 104 Å². The second-order valence-electron chi connectivity index (χ2n) is 4.21. The minimum atomic E-state index is 0.111. The van der Waals surface area contributed by atoms with E-state index in [1.165, 1.54) is 5.56 Å². The van der Waals surface area contributed by atoms with Gasteiger partial charge in [-0.2, -0.15) is 0 Å². The fourth-order valence-electron chi connectivity index (χ4n) is 2.05. The van der Waals surface area contributed by atoms with Gasteiger partial charge in [-0.1, -0.05) is 38.8 Å². The first-order chi connectivity index (χ1) is 7.63. The number of benzene rings is 1. The van der Waals surface area contributed by atoms with Crippen molar-refractivity contribution in [3.63, 3.8) is 0 Å². The zero-order chi connectivity index (χ0) is 12.1. The van der Waals surface area contributed by atoms with E-state index in [9.17, 15) is 0 Å². The second kappa shape index (κ2) is 6.15. The molecule has 1 unspecified atom stereocenters. The molecule has 0 saturated heterocycles. The molecule has 2 heteroatoms. The van der Waals surface area contributed by atoms with Crippen molar-refractivity contribution in [3.05, 3.63) is 29.3 Å². The van der Waals surface area contributed by atoms with Crippen molar-refractivity contribution in [2.75, 3.05) is 7.11 Å². The summed E-state index contributed by atoms with van der Waals surface area (Å²) in [4.78, 5) is 0. The Kier molecular flexibility index (Phi) is 5.14. The van der Waals surface area contributed by atoms with Crippen LogP contribution < -0.4 is 4.74 Å². The Bertz CT molecular complexity index is 332. The third-order valence-corrected chi connectivity index (χ3v) is 3.81. The fraction of sp³-hybridized carbons (Fsp3) is 0.571. The van der Waals surface area contributed by atoms with Gasteiger partial charge in [-0.05, 0) is 30.0 Å². The van der Waals surface area contributed by atoms with Gasteiger partial charge in [0.05, 0.1) is 12.5 Å². The minimum Gasteiger partial charge on any atom is -0.496 e. The molecule has 0 heterocycles. The topological polar surface area (TPSA) is 9.23 Å². The van der Waals surface area contributed by atoms with Crippen LogP contribution in [0.4, 0.5) is 0 Å². The average molecular weight is 241 g/mol. The van der Waals surface area contributed by atoms with Gasteiger partial charge in [0.25, 0.3) is 0 Å². The predicted octanol–water partition coefficient (Wildman–Crippen LogP) is 4.72. The molecule has 0 amide bonds. The Morgan fingerprint density at radius 3 is 2.31 bits per heavy atom. The van der Waals surface area contributed by atoms with E-state index in [0.29, 0.717) is 5.92 Å². The number of ether oxygens (including phenoxy) is 1. The van der Waals surface area contributed by atoms with Crippen molar-refractivity contribution in [3.8, 4) is 5.75 Å². The molecule has 0 fully saturated rings. The number of methoxy groups -OCH3 is 1. The number of halogens is 1. The van der Waals surface area contributed by atoms with E-state index in [-0.39, 0.29) is 5.38 Å². The maximum atomic E-state index is 6.50. The van der Waals surface area contributed by atoms with Crippen molar-refractivity contribution in [2.24, 2.45) is 5.92 Å². The maximum Gasteiger partial charge on any atom is 0.121 e. The van der Waals surface area contributed by atoms with Crippen molar-refractivity contribution < 1.29 is 4.74 Å². The highest BCUT2D eigenvalue weighted by Gasteiger charge is 2.18. The van der Waals surface area contributed by atoms with Crippen molar-refractivity contribution >= 4 is 11.6 Å². The van der Waals surface area contributed by atoms with Crippen LogP contribution in [-0.4, -0.2) is 7.11 Å². The molecule has 1 atom stereocenters. The van der Waals surface area contributed by atoms with Gasteiger partial charge in [0.2, 0.25) is 0 Å². The van der Waals surface area contributed by atoms with Gasteiger partial charge in [-0.25, -0.2) is 0 Å². The number of aryl methyl sites for hydroxylation is 1. The molecule has 0 aliphatic heterocycles. The second-order valence-corrected chi connectivity index (χ2v) is 4.68. The fourth-order valence-corrected chi connectivity index (χ4v) is 2.54. The van der Waals surface area contributed by atoms with Gasteiger partial charge >= 0.3 is 0 Å². The van der Waals surface area contributed by atoms with E-state index in [1.807, 2.05) is 6.07 Å². The standard InChI is InChI=1S/C14H21ClO/c1-5-11(6-2)14(15)12-7-8-13(16-4)10(3)9-12/h7-9,11,14H,5-6H2,1-4H3. The molecule has 0 aromatic heterocycles. The summed E-state index contributed by atoms with van der Waals surface area (Å²) >= 11 is 6.50. The quantitative estimate of drug-likeness (QED) is 0.677. The van der Waals surface area contributed by atoms with Crippen LogP contribution >= 0.6 is 11.6 Å². The van der Waals surface area contributed by atoms with E-state index < -0.39 is 0 Å². The summed E-state index contributed by atoms with van der Waals surface area (Å²) in [6, 6.07) is 6.21. The Morgan fingerprint density at radius 2 is 1.88 bits per heavy atom. The van der Waals surface area contributed by atoms with Gasteiger partial charge in [-0.3, -0.25) is 0 Å². The van der Waals surface area contributed by atoms with Crippen LogP contribution in [0.5, 0.6) is 5.75 Å². The van der Waals surface area contributed by atoms with Crippen molar-refractivity contribution in [1.29, 1.82) is 0 Å². The molecule has 0 aliphatic rings. The lowest BCUT2D eigenvalue weighted by molar-refractivity contribution is 0.411. The zero-order valence-corrected chi connectivity index (χ0v) is 11.3. The molecular weight excluding hydrogens is 220 g/mol. The number of hydrogen-bond donors (Lipinski definition) is 0. The maximum absolute atomic E-state index is 6.50. The summed E-state index contributed by atoms with van der Waals surface area (Å²) in [5.41, 5.74) is 2.35. The van der Waals surface area contributed by atoms with E-state index in [4.69, 9.17) is 16.3 Å². The van der Waals surface area contributed by atoms with E-state index in [2.05, 4.69) is 32.9 Å². The van der Waals surface area contributed by atoms with Crippen LogP contribution in [0.15, 0.2) is 18.2 Å². The molecule has 0 saturated carbocycles. The van der Waals surface area contributed by atoms with E-state index in [1.54, 1.807) is 7.11 Å². The molecule has 1 rings (SSSR count). The van der Waals surface area contributed by atoms with E-state index in [0.717, 1.165) is 24.2 Å². The number of rotatable bonds is 5.